The fraction of sp³-hybridized carbons (Fsp3) is 0.158. The number of fused-ring (bicyclic) bond motifs is 1. The molecule has 122 valence electrons. The van der Waals surface area contributed by atoms with E-state index in [1.54, 1.807) is 17.0 Å². The normalized spacial score (nSPS) is 18.8. The van der Waals surface area contributed by atoms with Crippen molar-refractivity contribution in [2.75, 3.05) is 16.8 Å². The molecule has 1 unspecified atom stereocenters. The van der Waals surface area contributed by atoms with Crippen molar-refractivity contribution in [3.05, 3.63) is 65.4 Å². The maximum atomic E-state index is 12.6. The van der Waals surface area contributed by atoms with Gasteiger partial charge in [-0.05, 0) is 17.7 Å². The molecule has 2 amide bonds. The van der Waals surface area contributed by atoms with Crippen LogP contribution in [0.25, 0.3) is 0 Å². The number of para-hydroxylation sites is 2. The quantitative estimate of drug-likeness (QED) is 0.777. The van der Waals surface area contributed by atoms with Gasteiger partial charge in [0.1, 0.15) is 7.85 Å². The molecule has 0 saturated carbocycles. The van der Waals surface area contributed by atoms with E-state index in [0.717, 1.165) is 22.6 Å². The van der Waals surface area contributed by atoms with Crippen LogP contribution in [0.4, 0.5) is 11.4 Å². The van der Waals surface area contributed by atoms with Gasteiger partial charge in [-0.15, -0.1) is 0 Å². The summed E-state index contributed by atoms with van der Waals surface area (Å²) in [6, 6.07) is 14.4. The highest BCUT2D eigenvalue weighted by Crippen LogP contribution is 2.42. The Kier molecular flexibility index (Phi) is 3.60. The average Bonchev–Trinajstić information content (AvgIpc) is 2.87. The molecule has 2 aromatic rings. The molecule has 2 N–H and O–H groups in total. The molecule has 2 aromatic carbocycles. The van der Waals surface area contributed by atoms with Crippen LogP contribution in [0.1, 0.15) is 18.5 Å². The van der Waals surface area contributed by atoms with Crippen LogP contribution in [0.2, 0.25) is 0 Å². The third-order valence-corrected chi connectivity index (χ3v) is 4.57. The summed E-state index contributed by atoms with van der Waals surface area (Å²) in [6.07, 6.45) is 0. The summed E-state index contributed by atoms with van der Waals surface area (Å²) in [7, 11) is 5.81. The van der Waals surface area contributed by atoms with Gasteiger partial charge < -0.3 is 10.6 Å². The van der Waals surface area contributed by atoms with Gasteiger partial charge in [0.05, 0.1) is 29.5 Å². The van der Waals surface area contributed by atoms with Gasteiger partial charge in [0.25, 0.3) is 5.91 Å². The van der Waals surface area contributed by atoms with Gasteiger partial charge >= 0.3 is 0 Å². The number of amides is 2. The minimum absolute atomic E-state index is 0.135. The zero-order valence-electron chi connectivity index (χ0n) is 13.7. The Balaban J connectivity index is 1.98. The molecule has 4 rings (SSSR count). The molecule has 0 bridgehead atoms. The molecular formula is C19H16BN3O2. The predicted octanol–water partition coefficient (Wildman–Crippen LogP) is 1.38. The number of hydrogen-bond donors (Lipinski definition) is 2. The van der Waals surface area contributed by atoms with Gasteiger partial charge in [0, 0.05) is 12.6 Å². The first kappa shape index (κ1) is 15.5. The van der Waals surface area contributed by atoms with E-state index in [9.17, 15) is 9.59 Å². The Morgan fingerprint density at radius 2 is 1.88 bits per heavy atom. The highest BCUT2D eigenvalue weighted by Gasteiger charge is 2.39. The summed E-state index contributed by atoms with van der Waals surface area (Å²) in [5.41, 5.74) is 4.39. The van der Waals surface area contributed by atoms with Crippen LogP contribution in [-0.4, -0.2) is 26.2 Å². The highest BCUT2D eigenvalue weighted by atomic mass is 16.2. The van der Waals surface area contributed by atoms with Crippen LogP contribution in [0.3, 0.4) is 0 Å². The van der Waals surface area contributed by atoms with Crippen molar-refractivity contribution in [3.63, 3.8) is 0 Å². The van der Waals surface area contributed by atoms with Crippen molar-refractivity contribution in [1.29, 1.82) is 0 Å². The Hall–Kier alpha value is -3.02. The van der Waals surface area contributed by atoms with E-state index in [0.29, 0.717) is 17.6 Å². The lowest BCUT2D eigenvalue weighted by Crippen LogP contribution is -2.36. The van der Waals surface area contributed by atoms with Crippen LogP contribution in [0.15, 0.2) is 59.8 Å². The molecule has 2 radical (unpaired) electrons. The molecule has 0 fully saturated rings. The van der Waals surface area contributed by atoms with E-state index in [-0.39, 0.29) is 11.8 Å². The molecule has 2 aliphatic heterocycles. The summed E-state index contributed by atoms with van der Waals surface area (Å²) < 4.78 is 0. The smallest absolute Gasteiger partial charge is 0.251 e. The number of nitrogens with one attached hydrogen (secondary N) is 2. The topological polar surface area (TPSA) is 61.4 Å². The van der Waals surface area contributed by atoms with E-state index in [4.69, 9.17) is 7.85 Å². The minimum atomic E-state index is -0.508. The Labute approximate surface area is 147 Å². The number of benzene rings is 2. The van der Waals surface area contributed by atoms with Crippen molar-refractivity contribution in [2.45, 2.75) is 13.0 Å². The average molecular weight is 329 g/mol. The molecule has 2 heterocycles. The van der Waals surface area contributed by atoms with Gasteiger partial charge in [0.15, 0.2) is 0 Å². The van der Waals surface area contributed by atoms with Gasteiger partial charge in [-0.2, -0.15) is 0 Å². The van der Waals surface area contributed by atoms with Crippen LogP contribution in [0, 0.1) is 0 Å². The fourth-order valence-electron chi connectivity index (χ4n) is 3.46. The summed E-state index contributed by atoms with van der Waals surface area (Å²) >= 11 is 0. The van der Waals surface area contributed by atoms with E-state index in [2.05, 4.69) is 10.6 Å². The lowest BCUT2D eigenvalue weighted by Gasteiger charge is -2.31. The second-order valence-corrected chi connectivity index (χ2v) is 6.18. The zero-order valence-corrected chi connectivity index (χ0v) is 13.7. The first-order chi connectivity index (χ1) is 12.1. The Morgan fingerprint density at radius 1 is 1.16 bits per heavy atom. The van der Waals surface area contributed by atoms with Crippen molar-refractivity contribution in [2.24, 2.45) is 0 Å². The van der Waals surface area contributed by atoms with Crippen molar-refractivity contribution in [1.82, 2.24) is 5.32 Å². The van der Waals surface area contributed by atoms with Crippen molar-refractivity contribution in [3.8, 4) is 0 Å². The summed E-state index contributed by atoms with van der Waals surface area (Å²) in [5, 5.41) is 6.18. The van der Waals surface area contributed by atoms with Crippen LogP contribution >= 0.6 is 0 Å². The van der Waals surface area contributed by atoms with Crippen LogP contribution in [-0.2, 0) is 9.59 Å². The van der Waals surface area contributed by atoms with Gasteiger partial charge in [0.2, 0.25) is 5.91 Å². The highest BCUT2D eigenvalue weighted by molar-refractivity contribution is 6.32. The molecule has 0 aromatic heterocycles. The second-order valence-electron chi connectivity index (χ2n) is 6.18. The second kappa shape index (κ2) is 5.81. The SMILES string of the molecule is [B]c1ccc(C2C3=C(CNC3=O)Nc3ccccc3N2C(C)=O)cc1. The number of hydrogen-bond acceptors (Lipinski definition) is 3. The molecular weight excluding hydrogens is 313 g/mol. The molecule has 6 heteroatoms. The summed E-state index contributed by atoms with van der Waals surface area (Å²) in [5.74, 6) is -0.298. The van der Waals surface area contributed by atoms with Gasteiger partial charge in [-0.1, -0.05) is 41.9 Å². The van der Waals surface area contributed by atoms with Gasteiger partial charge in [-0.3, -0.25) is 14.5 Å². The van der Waals surface area contributed by atoms with Gasteiger partial charge in [-0.25, -0.2) is 0 Å². The van der Waals surface area contributed by atoms with E-state index in [1.165, 1.54) is 6.92 Å². The maximum absolute atomic E-state index is 12.6. The summed E-state index contributed by atoms with van der Waals surface area (Å²) in [4.78, 5) is 26.8. The molecule has 0 spiro atoms. The van der Waals surface area contributed by atoms with E-state index < -0.39 is 6.04 Å². The number of rotatable bonds is 1. The lowest BCUT2D eigenvalue weighted by atomic mass is 9.90. The van der Waals surface area contributed by atoms with Crippen molar-refractivity contribution >= 4 is 36.5 Å². The first-order valence-corrected chi connectivity index (χ1v) is 8.09. The molecule has 1 atom stereocenters. The number of anilines is 2. The number of carbonyl (C=O) groups is 2. The molecule has 5 nitrogen and oxygen atoms in total. The third kappa shape index (κ3) is 2.50. The predicted molar refractivity (Wildman–Crippen MR) is 97.8 cm³/mol. The number of carbonyl (C=O) groups excluding carboxylic acids is 2. The maximum Gasteiger partial charge on any atom is 0.251 e. The van der Waals surface area contributed by atoms with Crippen LogP contribution in [0.5, 0.6) is 0 Å². The largest absolute Gasteiger partial charge is 0.355 e. The Morgan fingerprint density at radius 3 is 2.60 bits per heavy atom. The minimum Gasteiger partial charge on any atom is -0.355 e. The first-order valence-electron chi connectivity index (χ1n) is 8.09. The van der Waals surface area contributed by atoms with E-state index >= 15 is 0 Å². The zero-order chi connectivity index (χ0) is 17.6. The molecule has 25 heavy (non-hydrogen) atoms. The lowest BCUT2D eigenvalue weighted by molar-refractivity contribution is -0.117. The van der Waals surface area contributed by atoms with Crippen molar-refractivity contribution < 1.29 is 9.59 Å². The standard InChI is InChI=1S/C19H16BN3O2/c1-11(24)23-16-5-3-2-4-14(16)22-15-10-21-19(25)17(15)18(23)12-6-8-13(20)9-7-12/h2-9,18,22H,10H2,1H3,(H,21,25). The molecule has 0 aliphatic carbocycles. The van der Waals surface area contributed by atoms with Crippen LogP contribution < -0.4 is 21.0 Å². The Bertz CT molecular complexity index is 905. The summed E-state index contributed by atoms with van der Waals surface area (Å²) in [6.45, 7) is 1.93. The third-order valence-electron chi connectivity index (χ3n) is 4.57. The number of nitrogens with zero attached hydrogens (tertiary/aromatic N) is 1. The van der Waals surface area contributed by atoms with E-state index in [1.807, 2.05) is 36.4 Å². The monoisotopic (exact) mass is 329 g/mol. The molecule has 2 aliphatic rings. The fourth-order valence-corrected chi connectivity index (χ4v) is 3.46. The molecule has 0 saturated heterocycles.